The lowest BCUT2D eigenvalue weighted by Crippen LogP contribution is -2.52. The van der Waals surface area contributed by atoms with Gasteiger partial charge in [-0.2, -0.15) is 5.10 Å². The van der Waals surface area contributed by atoms with Gasteiger partial charge in [0, 0.05) is 52.0 Å². The monoisotopic (exact) mass is 303 g/mol. The molecular formula is C14H21N7O. The molecule has 2 aromatic heterocycles. The lowest BCUT2D eigenvalue weighted by molar-refractivity contribution is 0.169. The number of nitrogens with one attached hydrogen (secondary N) is 2. The molecule has 3 heterocycles. The molecule has 8 heteroatoms. The lowest BCUT2D eigenvalue weighted by atomic mass is 10.3. The fourth-order valence-corrected chi connectivity index (χ4v) is 2.56. The molecule has 0 atom stereocenters. The van der Waals surface area contributed by atoms with Crippen LogP contribution in [0.3, 0.4) is 0 Å². The molecule has 0 aromatic carbocycles. The van der Waals surface area contributed by atoms with Crippen molar-refractivity contribution in [2.24, 2.45) is 4.99 Å². The SMILES string of the molecule is CN=C(NCc1ccn[nH]1)N1CCN(Cc2ccon2)CC1. The molecule has 0 spiro atoms. The van der Waals surface area contributed by atoms with E-state index < -0.39 is 0 Å². The van der Waals surface area contributed by atoms with Crippen LogP contribution in [0.15, 0.2) is 34.1 Å². The third-order valence-electron chi connectivity index (χ3n) is 3.76. The first kappa shape index (κ1) is 14.6. The highest BCUT2D eigenvalue weighted by Crippen LogP contribution is 2.07. The Balaban J connectivity index is 1.46. The Morgan fingerprint density at radius 2 is 2.23 bits per heavy atom. The quantitative estimate of drug-likeness (QED) is 0.624. The molecule has 22 heavy (non-hydrogen) atoms. The number of piperazine rings is 1. The van der Waals surface area contributed by atoms with Crippen molar-refractivity contribution >= 4 is 5.96 Å². The zero-order chi connectivity index (χ0) is 15.2. The van der Waals surface area contributed by atoms with Crippen LogP contribution in [0, 0.1) is 0 Å². The number of guanidine groups is 1. The van der Waals surface area contributed by atoms with E-state index in [1.165, 1.54) is 0 Å². The highest BCUT2D eigenvalue weighted by atomic mass is 16.5. The summed E-state index contributed by atoms with van der Waals surface area (Å²) in [6.45, 7) is 5.40. The molecule has 0 unspecified atom stereocenters. The van der Waals surface area contributed by atoms with Crippen molar-refractivity contribution in [3.8, 4) is 0 Å². The van der Waals surface area contributed by atoms with E-state index in [9.17, 15) is 0 Å². The number of hydrogen-bond acceptors (Lipinski definition) is 5. The summed E-state index contributed by atoms with van der Waals surface area (Å²) in [5, 5.41) is 14.2. The third kappa shape index (κ3) is 3.64. The molecule has 1 fully saturated rings. The summed E-state index contributed by atoms with van der Waals surface area (Å²) in [7, 11) is 1.82. The molecule has 0 bridgehead atoms. The molecule has 2 N–H and O–H groups in total. The van der Waals surface area contributed by atoms with Crippen LogP contribution >= 0.6 is 0 Å². The Bertz CT molecular complexity index is 570. The van der Waals surface area contributed by atoms with E-state index in [1.807, 2.05) is 19.2 Å². The van der Waals surface area contributed by atoms with Crippen molar-refractivity contribution in [3.05, 3.63) is 36.0 Å². The normalized spacial score (nSPS) is 17.0. The van der Waals surface area contributed by atoms with E-state index in [-0.39, 0.29) is 0 Å². The average molecular weight is 303 g/mol. The van der Waals surface area contributed by atoms with Gasteiger partial charge in [0.05, 0.1) is 17.9 Å². The van der Waals surface area contributed by atoms with Crippen molar-refractivity contribution in [1.82, 2.24) is 30.5 Å². The minimum atomic E-state index is 0.700. The van der Waals surface area contributed by atoms with Gasteiger partial charge >= 0.3 is 0 Å². The number of aliphatic imine (C=N–C) groups is 1. The van der Waals surface area contributed by atoms with Crippen LogP contribution in [0.25, 0.3) is 0 Å². The summed E-state index contributed by atoms with van der Waals surface area (Å²) in [6, 6.07) is 3.87. The molecule has 0 saturated carbocycles. The zero-order valence-electron chi connectivity index (χ0n) is 12.7. The van der Waals surface area contributed by atoms with Crippen LogP contribution in [-0.4, -0.2) is 64.3 Å². The maximum atomic E-state index is 4.88. The Kier molecular flexibility index (Phi) is 4.69. The molecule has 0 aliphatic carbocycles. The molecule has 1 saturated heterocycles. The topological polar surface area (TPSA) is 85.6 Å². The van der Waals surface area contributed by atoms with Crippen molar-refractivity contribution < 1.29 is 4.52 Å². The first-order valence-corrected chi connectivity index (χ1v) is 7.40. The maximum absolute atomic E-state index is 4.88. The Morgan fingerprint density at radius 1 is 1.36 bits per heavy atom. The van der Waals surface area contributed by atoms with Crippen LogP contribution in [0.5, 0.6) is 0 Å². The average Bonchev–Trinajstić information content (AvgIpc) is 3.23. The van der Waals surface area contributed by atoms with Crippen molar-refractivity contribution in [3.63, 3.8) is 0 Å². The predicted molar refractivity (Wildman–Crippen MR) is 82.1 cm³/mol. The molecular weight excluding hydrogens is 282 g/mol. The van der Waals surface area contributed by atoms with Crippen LogP contribution in [-0.2, 0) is 13.1 Å². The largest absolute Gasteiger partial charge is 0.364 e. The molecule has 1 aliphatic heterocycles. The summed E-state index contributed by atoms with van der Waals surface area (Å²) in [6.07, 6.45) is 3.37. The van der Waals surface area contributed by atoms with E-state index in [0.29, 0.717) is 6.54 Å². The van der Waals surface area contributed by atoms with Crippen molar-refractivity contribution in [1.29, 1.82) is 0 Å². The maximum Gasteiger partial charge on any atom is 0.194 e. The predicted octanol–water partition coefficient (Wildman–Crippen LogP) is 0.291. The number of aromatic nitrogens is 3. The summed E-state index contributed by atoms with van der Waals surface area (Å²) < 4.78 is 4.88. The summed E-state index contributed by atoms with van der Waals surface area (Å²) >= 11 is 0. The first-order valence-electron chi connectivity index (χ1n) is 7.40. The van der Waals surface area contributed by atoms with Crippen LogP contribution in [0.2, 0.25) is 0 Å². The summed E-state index contributed by atoms with van der Waals surface area (Å²) in [5.41, 5.74) is 2.03. The van der Waals surface area contributed by atoms with Crippen molar-refractivity contribution in [2.45, 2.75) is 13.1 Å². The molecule has 0 amide bonds. The van der Waals surface area contributed by atoms with Gasteiger partial charge in [-0.15, -0.1) is 0 Å². The zero-order valence-corrected chi connectivity index (χ0v) is 12.7. The van der Waals surface area contributed by atoms with Gasteiger partial charge in [-0.3, -0.25) is 15.0 Å². The second-order valence-corrected chi connectivity index (χ2v) is 5.24. The fraction of sp³-hybridized carbons (Fsp3) is 0.500. The van der Waals surface area contributed by atoms with Gasteiger partial charge in [0.1, 0.15) is 6.26 Å². The number of aromatic amines is 1. The van der Waals surface area contributed by atoms with Gasteiger partial charge in [-0.1, -0.05) is 5.16 Å². The Hall–Kier alpha value is -2.35. The fourth-order valence-electron chi connectivity index (χ4n) is 2.56. The van der Waals surface area contributed by atoms with Gasteiger partial charge in [0.2, 0.25) is 0 Å². The molecule has 0 radical (unpaired) electrons. The van der Waals surface area contributed by atoms with Gasteiger partial charge in [-0.25, -0.2) is 0 Å². The molecule has 2 aromatic rings. The van der Waals surface area contributed by atoms with Gasteiger partial charge in [0.15, 0.2) is 5.96 Å². The van der Waals surface area contributed by atoms with Gasteiger partial charge in [-0.05, 0) is 6.07 Å². The molecule has 1 aliphatic rings. The van der Waals surface area contributed by atoms with E-state index in [1.54, 1.807) is 12.5 Å². The first-order chi connectivity index (χ1) is 10.8. The molecule has 8 nitrogen and oxygen atoms in total. The minimum absolute atomic E-state index is 0.700. The number of H-pyrrole nitrogens is 1. The number of hydrogen-bond donors (Lipinski definition) is 2. The molecule has 3 rings (SSSR count). The van der Waals surface area contributed by atoms with E-state index in [2.05, 4.69) is 35.5 Å². The lowest BCUT2D eigenvalue weighted by Gasteiger charge is -2.36. The molecule has 118 valence electrons. The third-order valence-corrected chi connectivity index (χ3v) is 3.76. The van der Waals surface area contributed by atoms with Crippen LogP contribution in [0.1, 0.15) is 11.4 Å². The van der Waals surface area contributed by atoms with Gasteiger partial charge in [0.25, 0.3) is 0 Å². The second kappa shape index (κ2) is 7.08. The van der Waals surface area contributed by atoms with E-state index >= 15 is 0 Å². The summed E-state index contributed by atoms with van der Waals surface area (Å²) in [5.74, 6) is 0.927. The number of rotatable bonds is 4. The van der Waals surface area contributed by atoms with Crippen LogP contribution in [0.4, 0.5) is 0 Å². The van der Waals surface area contributed by atoms with E-state index in [0.717, 1.165) is 50.1 Å². The van der Waals surface area contributed by atoms with E-state index in [4.69, 9.17) is 4.52 Å². The van der Waals surface area contributed by atoms with Crippen LogP contribution < -0.4 is 5.32 Å². The highest BCUT2D eigenvalue weighted by Gasteiger charge is 2.20. The van der Waals surface area contributed by atoms with Gasteiger partial charge < -0.3 is 14.7 Å². The standard InChI is InChI=1S/C14H21N7O/c1-15-14(16-10-12-2-4-17-18-12)21-7-5-20(6-8-21)11-13-3-9-22-19-13/h2-4,9H,5-8,10-11H2,1H3,(H,15,16)(H,17,18). The Labute approximate surface area is 129 Å². The minimum Gasteiger partial charge on any atom is -0.364 e. The summed E-state index contributed by atoms with van der Waals surface area (Å²) in [4.78, 5) is 9.01. The van der Waals surface area contributed by atoms with Crippen molar-refractivity contribution in [2.75, 3.05) is 33.2 Å². The second-order valence-electron chi connectivity index (χ2n) is 5.24. The number of nitrogens with zero attached hydrogens (tertiary/aromatic N) is 5. The Morgan fingerprint density at radius 3 is 2.86 bits per heavy atom. The smallest absolute Gasteiger partial charge is 0.194 e. The highest BCUT2D eigenvalue weighted by molar-refractivity contribution is 5.79.